The second-order valence-electron chi connectivity index (χ2n) is 6.95. The molecule has 0 radical (unpaired) electrons. The highest BCUT2D eigenvalue weighted by molar-refractivity contribution is 5.94. The van der Waals surface area contributed by atoms with E-state index in [-0.39, 0.29) is 24.3 Å². The number of furan rings is 1. The molecular weight excluding hydrogens is 350 g/mol. The average molecular weight is 379 g/mol. The Hall–Kier alpha value is -1.90. The lowest BCUT2D eigenvalue weighted by atomic mass is 10.2. The zero-order valence-corrected chi connectivity index (χ0v) is 15.7. The van der Waals surface area contributed by atoms with Gasteiger partial charge in [0.05, 0.1) is 31.1 Å². The van der Waals surface area contributed by atoms with Crippen LogP contribution in [0.4, 0.5) is 0 Å². The Labute approximate surface area is 159 Å². The molecule has 3 heterocycles. The van der Waals surface area contributed by atoms with Crippen molar-refractivity contribution in [2.24, 2.45) is 0 Å². The number of rotatable bonds is 9. The molecule has 0 saturated carbocycles. The van der Waals surface area contributed by atoms with Crippen molar-refractivity contribution in [3.05, 3.63) is 24.2 Å². The fourth-order valence-corrected chi connectivity index (χ4v) is 3.38. The summed E-state index contributed by atoms with van der Waals surface area (Å²) in [4.78, 5) is 28.9. The zero-order valence-electron chi connectivity index (χ0n) is 15.7. The third-order valence-electron chi connectivity index (χ3n) is 4.97. The number of hydrogen-bond donors (Lipinski definition) is 1. The lowest BCUT2D eigenvalue weighted by molar-refractivity contribution is -0.121. The summed E-state index contributed by atoms with van der Waals surface area (Å²) >= 11 is 0. The quantitative estimate of drug-likeness (QED) is 0.681. The molecule has 2 aliphatic heterocycles. The van der Waals surface area contributed by atoms with Crippen molar-refractivity contribution in [2.75, 3.05) is 59.1 Å². The fourth-order valence-electron chi connectivity index (χ4n) is 3.38. The van der Waals surface area contributed by atoms with E-state index in [0.29, 0.717) is 25.2 Å². The lowest BCUT2D eigenvalue weighted by Gasteiger charge is -2.27. The monoisotopic (exact) mass is 379 g/mol. The minimum atomic E-state index is -0.125. The molecule has 2 fully saturated rings. The Bertz CT molecular complexity index is 580. The maximum Gasteiger partial charge on any atom is 0.257 e. The minimum absolute atomic E-state index is 0.0411. The van der Waals surface area contributed by atoms with Crippen molar-refractivity contribution < 1.29 is 23.5 Å². The first-order valence-corrected chi connectivity index (χ1v) is 9.72. The summed E-state index contributed by atoms with van der Waals surface area (Å²) in [5, 5.41) is 2.94. The van der Waals surface area contributed by atoms with E-state index in [4.69, 9.17) is 13.9 Å². The van der Waals surface area contributed by atoms with Crippen LogP contribution < -0.4 is 5.32 Å². The predicted molar refractivity (Wildman–Crippen MR) is 98.5 cm³/mol. The van der Waals surface area contributed by atoms with E-state index >= 15 is 0 Å². The number of nitrogens with one attached hydrogen (secondary N) is 1. The average Bonchev–Trinajstić information content (AvgIpc) is 3.39. The Balaban J connectivity index is 1.43. The van der Waals surface area contributed by atoms with Crippen LogP contribution in [0.15, 0.2) is 23.0 Å². The number of amides is 2. The van der Waals surface area contributed by atoms with Crippen LogP contribution >= 0.6 is 0 Å². The molecule has 1 N–H and O–H groups in total. The molecule has 1 aromatic rings. The van der Waals surface area contributed by atoms with Crippen LogP contribution in [-0.2, 0) is 14.3 Å². The van der Waals surface area contributed by atoms with E-state index < -0.39 is 0 Å². The van der Waals surface area contributed by atoms with Crippen molar-refractivity contribution in [3.63, 3.8) is 0 Å². The highest BCUT2D eigenvalue weighted by Gasteiger charge is 2.24. The van der Waals surface area contributed by atoms with Crippen molar-refractivity contribution >= 4 is 11.8 Å². The van der Waals surface area contributed by atoms with Crippen molar-refractivity contribution in [2.45, 2.75) is 25.4 Å². The van der Waals surface area contributed by atoms with Crippen LogP contribution in [-0.4, -0.2) is 86.8 Å². The Morgan fingerprint density at radius 1 is 1.26 bits per heavy atom. The van der Waals surface area contributed by atoms with E-state index in [1.54, 1.807) is 11.0 Å². The van der Waals surface area contributed by atoms with E-state index in [9.17, 15) is 9.59 Å². The lowest BCUT2D eigenvalue weighted by Crippen LogP contribution is -2.42. The molecule has 3 rings (SSSR count). The van der Waals surface area contributed by atoms with Gasteiger partial charge in [-0.3, -0.25) is 14.5 Å². The van der Waals surface area contributed by atoms with Crippen LogP contribution in [0.2, 0.25) is 0 Å². The number of nitrogens with zero attached hydrogens (tertiary/aromatic N) is 2. The first-order chi connectivity index (χ1) is 13.2. The molecule has 0 bridgehead atoms. The van der Waals surface area contributed by atoms with Crippen LogP contribution in [0, 0.1) is 0 Å². The first kappa shape index (κ1) is 19.9. The molecule has 2 amide bonds. The maximum absolute atomic E-state index is 12.7. The van der Waals surface area contributed by atoms with Gasteiger partial charge in [0.15, 0.2) is 0 Å². The fraction of sp³-hybridized carbons (Fsp3) is 0.684. The third kappa shape index (κ3) is 6.34. The van der Waals surface area contributed by atoms with Gasteiger partial charge in [-0.25, -0.2) is 0 Å². The SMILES string of the molecule is O=C(CCN(C[C@H]1CCCO1)C(=O)c1ccoc1)NCCN1CCOCC1. The largest absolute Gasteiger partial charge is 0.472 e. The summed E-state index contributed by atoms with van der Waals surface area (Å²) in [5.74, 6) is -0.166. The highest BCUT2D eigenvalue weighted by Crippen LogP contribution is 2.15. The summed E-state index contributed by atoms with van der Waals surface area (Å²) in [6.07, 6.45) is 5.20. The van der Waals surface area contributed by atoms with Gasteiger partial charge in [-0.1, -0.05) is 0 Å². The number of hydrogen-bond acceptors (Lipinski definition) is 6. The normalized spacial score (nSPS) is 20.5. The van der Waals surface area contributed by atoms with Crippen LogP contribution in [0.1, 0.15) is 29.6 Å². The minimum Gasteiger partial charge on any atom is -0.472 e. The molecule has 0 aromatic carbocycles. The molecule has 150 valence electrons. The van der Waals surface area contributed by atoms with E-state index in [0.717, 1.165) is 52.3 Å². The van der Waals surface area contributed by atoms with Gasteiger partial charge in [-0.2, -0.15) is 0 Å². The molecule has 1 aromatic heterocycles. The summed E-state index contributed by atoms with van der Waals surface area (Å²) in [6.45, 7) is 6.36. The standard InChI is InChI=1S/C19H29N3O5/c23-18(20-5-7-21-8-12-25-13-9-21)3-6-22(14-17-2-1-10-27-17)19(24)16-4-11-26-15-16/h4,11,15,17H,1-3,5-10,12-14H2,(H,20,23)/t17-/m1/s1. The van der Waals surface area contributed by atoms with Gasteiger partial charge >= 0.3 is 0 Å². The number of carbonyl (C=O) groups is 2. The summed E-state index contributed by atoms with van der Waals surface area (Å²) in [7, 11) is 0. The molecule has 8 heteroatoms. The number of morpholine rings is 1. The van der Waals surface area contributed by atoms with Crippen LogP contribution in [0.25, 0.3) is 0 Å². The zero-order chi connectivity index (χ0) is 18.9. The smallest absolute Gasteiger partial charge is 0.257 e. The Morgan fingerprint density at radius 2 is 2.11 bits per heavy atom. The van der Waals surface area contributed by atoms with Gasteiger partial charge < -0.3 is 24.1 Å². The Kier molecular flexibility index (Phi) is 7.67. The highest BCUT2D eigenvalue weighted by atomic mass is 16.5. The molecule has 8 nitrogen and oxygen atoms in total. The van der Waals surface area contributed by atoms with Crippen molar-refractivity contribution in [1.82, 2.24) is 15.1 Å². The molecule has 2 saturated heterocycles. The molecule has 2 aliphatic rings. The van der Waals surface area contributed by atoms with Gasteiger partial charge in [0.1, 0.15) is 6.26 Å². The topological polar surface area (TPSA) is 84.2 Å². The van der Waals surface area contributed by atoms with Gasteiger partial charge in [-0.05, 0) is 18.9 Å². The Morgan fingerprint density at radius 3 is 2.81 bits per heavy atom. The second kappa shape index (κ2) is 10.4. The van der Waals surface area contributed by atoms with Gasteiger partial charge in [-0.15, -0.1) is 0 Å². The predicted octanol–water partition coefficient (Wildman–Crippen LogP) is 0.739. The second-order valence-corrected chi connectivity index (χ2v) is 6.95. The summed E-state index contributed by atoms with van der Waals surface area (Å²) in [6, 6.07) is 1.65. The maximum atomic E-state index is 12.7. The van der Waals surface area contributed by atoms with Gasteiger partial charge in [0, 0.05) is 52.3 Å². The van der Waals surface area contributed by atoms with Crippen LogP contribution in [0.5, 0.6) is 0 Å². The van der Waals surface area contributed by atoms with E-state index in [1.165, 1.54) is 12.5 Å². The molecule has 0 spiro atoms. The number of ether oxygens (including phenoxy) is 2. The molecule has 27 heavy (non-hydrogen) atoms. The summed E-state index contributed by atoms with van der Waals surface area (Å²) < 4.78 is 16.0. The van der Waals surface area contributed by atoms with Gasteiger partial charge in [0.2, 0.25) is 5.91 Å². The van der Waals surface area contributed by atoms with Crippen molar-refractivity contribution in [3.8, 4) is 0 Å². The third-order valence-corrected chi connectivity index (χ3v) is 4.97. The summed E-state index contributed by atoms with van der Waals surface area (Å²) in [5.41, 5.74) is 0.501. The first-order valence-electron chi connectivity index (χ1n) is 9.72. The van der Waals surface area contributed by atoms with Crippen LogP contribution in [0.3, 0.4) is 0 Å². The molecule has 1 atom stereocenters. The van der Waals surface area contributed by atoms with Crippen molar-refractivity contribution in [1.29, 1.82) is 0 Å². The molecular formula is C19H29N3O5. The van der Waals surface area contributed by atoms with E-state index in [1.807, 2.05) is 0 Å². The number of carbonyl (C=O) groups excluding carboxylic acids is 2. The van der Waals surface area contributed by atoms with E-state index in [2.05, 4.69) is 10.2 Å². The molecule has 0 unspecified atom stereocenters. The molecule has 0 aliphatic carbocycles. The van der Waals surface area contributed by atoms with Gasteiger partial charge in [0.25, 0.3) is 5.91 Å².